The van der Waals surface area contributed by atoms with Crippen molar-refractivity contribution in [3.63, 3.8) is 0 Å². The van der Waals surface area contributed by atoms with Crippen LogP contribution in [-0.2, 0) is 20.5 Å². The molecule has 0 aliphatic carbocycles. The number of rotatable bonds is 3. The van der Waals surface area contributed by atoms with Gasteiger partial charge in [0.15, 0.2) is 0 Å². The Hall–Kier alpha value is -1.92. The summed E-state index contributed by atoms with van der Waals surface area (Å²) in [5.74, 6) is -0.206. The summed E-state index contributed by atoms with van der Waals surface area (Å²) in [7, 11) is -0.692. The van der Waals surface area contributed by atoms with Gasteiger partial charge >= 0.3 is 13.1 Å². The molecule has 0 unspecified atom stereocenters. The number of hydrogen-bond acceptors (Lipinski definition) is 4. The Morgan fingerprint density at radius 3 is 2.21 bits per heavy atom. The molecule has 1 saturated heterocycles. The number of aryl methyl sites for hydroxylation is 1. The molecule has 2 aromatic rings. The molecule has 1 aliphatic heterocycles. The van der Waals surface area contributed by atoms with Crippen LogP contribution in [-0.4, -0.2) is 24.3 Å². The second kappa shape index (κ2) is 7.10. The molecule has 1 aliphatic rings. The zero-order valence-electron chi connectivity index (χ0n) is 18.6. The van der Waals surface area contributed by atoms with Crippen molar-refractivity contribution < 1.29 is 23.2 Å². The first-order valence-corrected chi connectivity index (χ1v) is 10.1. The summed E-state index contributed by atoms with van der Waals surface area (Å²) in [6.07, 6.45) is 0.525. The van der Waals surface area contributed by atoms with Gasteiger partial charge in [-0.1, -0.05) is 13.0 Å². The van der Waals surface area contributed by atoms with Gasteiger partial charge in [0.05, 0.1) is 16.6 Å². The molecule has 6 heteroatoms. The SMILES string of the molecule is CCc1c(F)ccc2cc(OC(=O)C(C)(C)C)cc(B3OC(C)(C)C(C)(C)O3)c12. The van der Waals surface area contributed by atoms with Gasteiger partial charge in [-0.2, -0.15) is 0 Å². The van der Waals surface area contributed by atoms with E-state index >= 15 is 0 Å². The van der Waals surface area contributed by atoms with Crippen molar-refractivity contribution in [2.75, 3.05) is 0 Å². The second-order valence-corrected chi connectivity index (χ2v) is 9.72. The summed E-state index contributed by atoms with van der Waals surface area (Å²) in [6.45, 7) is 15.2. The van der Waals surface area contributed by atoms with Gasteiger partial charge in [-0.05, 0) is 94.9 Å². The Kier molecular flexibility index (Phi) is 5.33. The summed E-state index contributed by atoms with van der Waals surface area (Å²) in [5, 5.41) is 1.54. The van der Waals surface area contributed by atoms with Crippen molar-refractivity contribution in [3.05, 3.63) is 35.6 Å². The molecule has 0 atom stereocenters. The third-order valence-electron chi connectivity index (χ3n) is 5.86. The first-order valence-electron chi connectivity index (χ1n) is 10.1. The van der Waals surface area contributed by atoms with Crippen molar-refractivity contribution in [2.24, 2.45) is 5.41 Å². The quantitative estimate of drug-likeness (QED) is 0.422. The molecule has 4 nitrogen and oxygen atoms in total. The summed E-state index contributed by atoms with van der Waals surface area (Å²) in [4.78, 5) is 12.4. The van der Waals surface area contributed by atoms with Crippen LogP contribution in [0.2, 0.25) is 0 Å². The van der Waals surface area contributed by atoms with Gasteiger partial charge < -0.3 is 14.0 Å². The average Bonchev–Trinajstić information content (AvgIpc) is 2.81. The van der Waals surface area contributed by atoms with Crippen LogP contribution in [0.3, 0.4) is 0 Å². The molecule has 0 amide bonds. The van der Waals surface area contributed by atoms with E-state index in [1.807, 2.05) is 34.6 Å². The van der Waals surface area contributed by atoms with Crippen molar-refractivity contribution >= 4 is 29.3 Å². The molecular formula is C23H30BFO4. The number of carbonyl (C=O) groups is 1. The molecular weight excluding hydrogens is 370 g/mol. The van der Waals surface area contributed by atoms with E-state index in [0.717, 1.165) is 10.8 Å². The topological polar surface area (TPSA) is 44.8 Å². The van der Waals surface area contributed by atoms with E-state index in [4.69, 9.17) is 14.0 Å². The average molecular weight is 400 g/mol. The molecule has 3 rings (SSSR count). The Balaban J connectivity index is 2.20. The number of fused-ring (bicyclic) bond motifs is 1. The number of ether oxygens (including phenoxy) is 1. The smallest absolute Gasteiger partial charge is 0.426 e. The van der Waals surface area contributed by atoms with E-state index in [1.165, 1.54) is 6.07 Å². The maximum absolute atomic E-state index is 14.6. The van der Waals surface area contributed by atoms with E-state index in [2.05, 4.69) is 0 Å². The lowest BCUT2D eigenvalue weighted by atomic mass is 9.74. The number of halogens is 1. The van der Waals surface area contributed by atoms with E-state index in [-0.39, 0.29) is 11.8 Å². The minimum atomic E-state index is -0.692. The van der Waals surface area contributed by atoms with Gasteiger partial charge in [-0.3, -0.25) is 4.79 Å². The molecule has 0 bridgehead atoms. The molecule has 0 N–H and O–H groups in total. The monoisotopic (exact) mass is 400 g/mol. The van der Waals surface area contributed by atoms with Gasteiger partial charge in [-0.15, -0.1) is 0 Å². The van der Waals surface area contributed by atoms with Crippen LogP contribution in [0, 0.1) is 11.2 Å². The van der Waals surface area contributed by atoms with Crippen LogP contribution < -0.4 is 10.2 Å². The number of benzene rings is 2. The van der Waals surface area contributed by atoms with Gasteiger partial charge in [0.25, 0.3) is 0 Å². The van der Waals surface area contributed by atoms with Gasteiger partial charge in [-0.25, -0.2) is 4.39 Å². The van der Waals surface area contributed by atoms with Gasteiger partial charge in [0.1, 0.15) is 11.6 Å². The van der Waals surface area contributed by atoms with Crippen LogP contribution in [0.15, 0.2) is 24.3 Å². The fraction of sp³-hybridized carbons (Fsp3) is 0.522. The van der Waals surface area contributed by atoms with Crippen LogP contribution in [0.4, 0.5) is 4.39 Å². The van der Waals surface area contributed by atoms with E-state index in [9.17, 15) is 9.18 Å². The van der Waals surface area contributed by atoms with E-state index in [0.29, 0.717) is 23.2 Å². The van der Waals surface area contributed by atoms with Crippen LogP contribution in [0.5, 0.6) is 5.75 Å². The molecule has 1 fully saturated rings. The second-order valence-electron chi connectivity index (χ2n) is 9.72. The fourth-order valence-corrected chi connectivity index (χ4v) is 3.34. The molecule has 0 saturated carbocycles. The number of hydrogen-bond donors (Lipinski definition) is 0. The molecule has 1 heterocycles. The molecule has 2 aromatic carbocycles. The summed E-state index contributed by atoms with van der Waals surface area (Å²) in [5.41, 5.74) is -0.449. The number of carbonyl (C=O) groups excluding carboxylic acids is 1. The predicted molar refractivity (Wildman–Crippen MR) is 114 cm³/mol. The molecule has 156 valence electrons. The van der Waals surface area contributed by atoms with Gasteiger partial charge in [0, 0.05) is 0 Å². The van der Waals surface area contributed by atoms with E-state index < -0.39 is 23.7 Å². The van der Waals surface area contributed by atoms with Crippen molar-refractivity contribution in [2.45, 2.75) is 73.0 Å². The Morgan fingerprint density at radius 1 is 1.10 bits per heavy atom. The molecule has 0 aromatic heterocycles. The highest BCUT2D eigenvalue weighted by Crippen LogP contribution is 2.38. The maximum atomic E-state index is 14.6. The minimum Gasteiger partial charge on any atom is -0.426 e. The van der Waals surface area contributed by atoms with Crippen LogP contribution in [0.25, 0.3) is 10.8 Å². The van der Waals surface area contributed by atoms with E-state index in [1.54, 1.807) is 39.0 Å². The first-order chi connectivity index (χ1) is 13.3. The van der Waals surface area contributed by atoms with Crippen LogP contribution >= 0.6 is 0 Å². The third-order valence-corrected chi connectivity index (χ3v) is 5.86. The molecule has 0 radical (unpaired) electrons. The largest absolute Gasteiger partial charge is 0.495 e. The zero-order valence-corrected chi connectivity index (χ0v) is 18.6. The fourth-order valence-electron chi connectivity index (χ4n) is 3.34. The predicted octanol–water partition coefficient (Wildman–Crippen LogP) is 4.79. The minimum absolute atomic E-state index is 0.266. The normalized spacial score (nSPS) is 18.3. The Bertz CT molecular complexity index is 943. The lowest BCUT2D eigenvalue weighted by molar-refractivity contribution is -0.142. The standard InChI is InChI=1S/C23H30BFO4/c1-9-16-18(25)11-10-14-12-15(27-20(26)21(2,3)4)13-17(19(14)16)24-28-22(5,6)23(7,8)29-24/h10-13H,9H2,1-8H3. The summed E-state index contributed by atoms with van der Waals surface area (Å²) < 4.78 is 32.7. The lowest BCUT2D eigenvalue weighted by Gasteiger charge is -2.32. The van der Waals surface area contributed by atoms with Crippen molar-refractivity contribution in [3.8, 4) is 5.75 Å². The Labute approximate surface area is 172 Å². The van der Waals surface area contributed by atoms with Crippen molar-refractivity contribution in [1.29, 1.82) is 0 Å². The highest BCUT2D eigenvalue weighted by molar-refractivity contribution is 6.65. The summed E-state index contributed by atoms with van der Waals surface area (Å²) >= 11 is 0. The summed E-state index contributed by atoms with van der Waals surface area (Å²) in [6, 6.07) is 6.66. The van der Waals surface area contributed by atoms with Crippen molar-refractivity contribution in [1.82, 2.24) is 0 Å². The first kappa shape index (κ1) is 21.8. The lowest BCUT2D eigenvalue weighted by Crippen LogP contribution is -2.41. The maximum Gasteiger partial charge on any atom is 0.495 e. The Morgan fingerprint density at radius 2 is 1.69 bits per heavy atom. The highest BCUT2D eigenvalue weighted by atomic mass is 19.1. The van der Waals surface area contributed by atoms with Crippen LogP contribution in [0.1, 0.15) is 61.0 Å². The number of esters is 1. The van der Waals surface area contributed by atoms with Gasteiger partial charge in [0.2, 0.25) is 0 Å². The molecule has 29 heavy (non-hydrogen) atoms. The third kappa shape index (κ3) is 3.93. The zero-order chi connectivity index (χ0) is 21.8. The highest BCUT2D eigenvalue weighted by Gasteiger charge is 2.52. The molecule has 0 spiro atoms.